The maximum atomic E-state index is 5.39. The summed E-state index contributed by atoms with van der Waals surface area (Å²) in [7, 11) is 3.28. The van der Waals surface area contributed by atoms with Gasteiger partial charge in [-0.2, -0.15) is 5.10 Å². The van der Waals surface area contributed by atoms with E-state index in [2.05, 4.69) is 26.2 Å². The van der Waals surface area contributed by atoms with Crippen LogP contribution in [0.5, 0.6) is 11.5 Å². The number of hydrazone groups is 1. The van der Waals surface area contributed by atoms with Gasteiger partial charge in [-0.3, -0.25) is 5.43 Å². The van der Waals surface area contributed by atoms with Crippen LogP contribution in [0, 0.1) is 16.7 Å². The molecule has 2 atom stereocenters. The first-order valence-corrected chi connectivity index (χ1v) is 10.3. The number of anilines is 1. The van der Waals surface area contributed by atoms with E-state index in [-0.39, 0.29) is 5.41 Å². The fourth-order valence-electron chi connectivity index (χ4n) is 4.67. The predicted octanol–water partition coefficient (Wildman–Crippen LogP) is 5.44. The van der Waals surface area contributed by atoms with E-state index in [9.17, 15) is 0 Å². The number of hydrogen-bond acceptors (Lipinski definition) is 6. The van der Waals surface area contributed by atoms with Crippen LogP contribution in [-0.4, -0.2) is 24.9 Å². The highest BCUT2D eigenvalue weighted by molar-refractivity contribution is 7.14. The van der Waals surface area contributed by atoms with Crippen molar-refractivity contribution in [3.8, 4) is 22.8 Å². The first kappa shape index (κ1) is 18.3. The van der Waals surface area contributed by atoms with E-state index in [4.69, 9.17) is 19.6 Å². The normalized spacial score (nSPS) is 27.1. The van der Waals surface area contributed by atoms with Gasteiger partial charge in [-0.05, 0) is 48.8 Å². The van der Waals surface area contributed by atoms with Gasteiger partial charge in [-0.1, -0.05) is 20.8 Å². The zero-order valence-electron chi connectivity index (χ0n) is 16.6. The number of benzene rings is 1. The van der Waals surface area contributed by atoms with Crippen molar-refractivity contribution in [2.45, 2.75) is 40.0 Å². The molecule has 144 valence electrons. The maximum absolute atomic E-state index is 5.39. The molecular weight excluding hydrogens is 358 g/mol. The molecule has 0 saturated heterocycles. The molecule has 1 N–H and O–H groups in total. The van der Waals surface area contributed by atoms with Crippen molar-refractivity contribution in [1.82, 2.24) is 4.98 Å². The van der Waals surface area contributed by atoms with Gasteiger partial charge in [0.1, 0.15) is 0 Å². The second kappa shape index (κ2) is 6.51. The molecule has 0 spiro atoms. The van der Waals surface area contributed by atoms with Crippen LogP contribution in [-0.2, 0) is 0 Å². The number of thiazole rings is 1. The molecule has 0 amide bonds. The highest BCUT2D eigenvalue weighted by atomic mass is 32.1. The van der Waals surface area contributed by atoms with Crippen molar-refractivity contribution in [2.75, 3.05) is 19.6 Å². The number of nitrogens with zero attached hydrogens (tertiary/aromatic N) is 2. The smallest absolute Gasteiger partial charge is 0.203 e. The quantitative estimate of drug-likeness (QED) is 0.696. The number of fused-ring (bicyclic) bond motifs is 2. The molecule has 2 fully saturated rings. The van der Waals surface area contributed by atoms with E-state index in [0.29, 0.717) is 16.9 Å². The van der Waals surface area contributed by atoms with Gasteiger partial charge in [0.25, 0.3) is 0 Å². The van der Waals surface area contributed by atoms with Crippen LogP contribution in [0.3, 0.4) is 0 Å². The van der Waals surface area contributed by atoms with Crippen LogP contribution in [0.25, 0.3) is 11.3 Å². The number of hydrogen-bond donors (Lipinski definition) is 1. The summed E-state index contributed by atoms with van der Waals surface area (Å²) in [5.74, 6) is 2.17. The molecule has 27 heavy (non-hydrogen) atoms. The highest BCUT2D eigenvalue weighted by Gasteiger charge is 2.59. The Labute approximate surface area is 164 Å². The Balaban J connectivity index is 1.53. The number of rotatable bonds is 5. The second-order valence-corrected chi connectivity index (χ2v) is 9.13. The minimum absolute atomic E-state index is 0.202. The molecule has 0 unspecified atom stereocenters. The van der Waals surface area contributed by atoms with E-state index < -0.39 is 0 Å². The average Bonchev–Trinajstić information content (AvgIpc) is 3.28. The highest BCUT2D eigenvalue weighted by Crippen LogP contribution is 2.63. The minimum atomic E-state index is 0.202. The molecule has 0 aliphatic heterocycles. The van der Waals surface area contributed by atoms with Crippen LogP contribution in [0.2, 0.25) is 0 Å². The van der Waals surface area contributed by atoms with Gasteiger partial charge in [0.05, 0.1) is 19.9 Å². The van der Waals surface area contributed by atoms with E-state index >= 15 is 0 Å². The summed E-state index contributed by atoms with van der Waals surface area (Å²) in [4.78, 5) is 4.70. The molecule has 2 aliphatic rings. The maximum Gasteiger partial charge on any atom is 0.203 e. The summed E-state index contributed by atoms with van der Waals surface area (Å²) in [5.41, 5.74) is 6.95. The average molecular weight is 386 g/mol. The van der Waals surface area contributed by atoms with Gasteiger partial charge in [0, 0.05) is 22.1 Å². The summed E-state index contributed by atoms with van der Waals surface area (Å²) in [6, 6.07) is 5.84. The molecule has 1 heterocycles. The van der Waals surface area contributed by atoms with Crippen molar-refractivity contribution in [2.24, 2.45) is 21.8 Å². The summed E-state index contributed by atoms with van der Waals surface area (Å²) in [6.07, 6.45) is 3.66. The van der Waals surface area contributed by atoms with Crippen LogP contribution >= 0.6 is 11.3 Å². The molecule has 2 aromatic rings. The lowest BCUT2D eigenvalue weighted by Gasteiger charge is -2.34. The summed E-state index contributed by atoms with van der Waals surface area (Å²) in [5, 5.41) is 7.64. The third-order valence-electron chi connectivity index (χ3n) is 6.98. The van der Waals surface area contributed by atoms with Gasteiger partial charge in [0.15, 0.2) is 11.5 Å². The molecule has 2 aliphatic carbocycles. The lowest BCUT2D eigenvalue weighted by molar-refractivity contribution is 0.194. The molecule has 2 saturated carbocycles. The number of aromatic nitrogens is 1. The van der Waals surface area contributed by atoms with E-state index in [1.165, 1.54) is 18.6 Å². The van der Waals surface area contributed by atoms with Crippen molar-refractivity contribution in [3.63, 3.8) is 0 Å². The molecule has 4 rings (SSSR count). The largest absolute Gasteiger partial charge is 0.493 e. The Morgan fingerprint density at radius 3 is 2.59 bits per heavy atom. The first-order valence-electron chi connectivity index (χ1n) is 9.40. The molecule has 0 radical (unpaired) electrons. The number of nitrogens with one attached hydrogen (secondary N) is 1. The van der Waals surface area contributed by atoms with Gasteiger partial charge < -0.3 is 9.47 Å². The summed E-state index contributed by atoms with van der Waals surface area (Å²) >= 11 is 1.57. The van der Waals surface area contributed by atoms with Crippen molar-refractivity contribution < 1.29 is 9.47 Å². The lowest BCUT2D eigenvalue weighted by Crippen LogP contribution is -2.32. The van der Waals surface area contributed by atoms with Gasteiger partial charge in [0.2, 0.25) is 5.13 Å². The standard InChI is InChI=1S/C21H27N3O2S/c1-20(2)14-8-9-21(20,3)18(11-14)23-24-19-22-15(12-27-19)13-6-7-16(25-4)17(10-13)26-5/h6-7,10,12,14H,8-9,11H2,1-5H3,(H,22,24)/b23-18-/t14-,21-/m1/s1. The van der Waals surface area contributed by atoms with Crippen LogP contribution in [0.1, 0.15) is 40.0 Å². The van der Waals surface area contributed by atoms with Crippen molar-refractivity contribution >= 4 is 22.2 Å². The predicted molar refractivity (Wildman–Crippen MR) is 111 cm³/mol. The number of ether oxygens (including phenoxy) is 2. The molecule has 2 bridgehead atoms. The fourth-order valence-corrected chi connectivity index (χ4v) is 5.33. The topological polar surface area (TPSA) is 55.7 Å². The van der Waals surface area contributed by atoms with Gasteiger partial charge in [-0.15, -0.1) is 11.3 Å². The Kier molecular flexibility index (Phi) is 4.41. The molecule has 1 aromatic carbocycles. The Morgan fingerprint density at radius 1 is 1.19 bits per heavy atom. The second-order valence-electron chi connectivity index (χ2n) is 8.27. The van der Waals surface area contributed by atoms with E-state index in [1.54, 1.807) is 25.6 Å². The zero-order valence-corrected chi connectivity index (χ0v) is 17.4. The third-order valence-corrected chi connectivity index (χ3v) is 7.73. The summed E-state index contributed by atoms with van der Waals surface area (Å²) < 4.78 is 10.7. The Morgan fingerprint density at radius 2 is 1.96 bits per heavy atom. The number of methoxy groups -OCH3 is 2. The van der Waals surface area contributed by atoms with Gasteiger partial charge in [-0.25, -0.2) is 4.98 Å². The Hall–Kier alpha value is -2.08. The van der Waals surface area contributed by atoms with Crippen LogP contribution < -0.4 is 14.9 Å². The van der Waals surface area contributed by atoms with Crippen LogP contribution in [0.4, 0.5) is 5.13 Å². The van der Waals surface area contributed by atoms with Crippen molar-refractivity contribution in [3.05, 3.63) is 23.6 Å². The van der Waals surface area contributed by atoms with E-state index in [1.807, 2.05) is 23.6 Å². The summed E-state index contributed by atoms with van der Waals surface area (Å²) in [6.45, 7) is 7.16. The minimum Gasteiger partial charge on any atom is -0.493 e. The Bertz CT molecular complexity index is 889. The van der Waals surface area contributed by atoms with E-state index in [0.717, 1.165) is 28.7 Å². The fraction of sp³-hybridized carbons (Fsp3) is 0.524. The molecule has 1 aromatic heterocycles. The molecule has 6 heteroatoms. The third kappa shape index (κ3) is 2.81. The van der Waals surface area contributed by atoms with Crippen LogP contribution in [0.15, 0.2) is 28.7 Å². The monoisotopic (exact) mass is 385 g/mol. The molecular formula is C21H27N3O2S. The SMILES string of the molecule is COc1ccc(-c2csc(N/N=C3/C[C@H]4CC[C@@]3(C)C4(C)C)n2)cc1OC. The van der Waals surface area contributed by atoms with Gasteiger partial charge >= 0.3 is 0 Å². The first-order chi connectivity index (χ1) is 12.9. The lowest BCUT2D eigenvalue weighted by atomic mass is 9.70. The molecule has 5 nitrogen and oxygen atoms in total. The zero-order chi connectivity index (χ0) is 19.2. The van der Waals surface area contributed by atoms with Crippen molar-refractivity contribution in [1.29, 1.82) is 0 Å².